The van der Waals surface area contributed by atoms with Crippen LogP contribution in [0.3, 0.4) is 0 Å². The van der Waals surface area contributed by atoms with Gasteiger partial charge in [0.15, 0.2) is 0 Å². The van der Waals surface area contributed by atoms with Crippen LogP contribution in [0.4, 0.5) is 11.6 Å². The van der Waals surface area contributed by atoms with Crippen LogP contribution in [0, 0.1) is 13.8 Å². The molecular weight excluding hydrogens is 264 g/mol. The Morgan fingerprint density at radius 1 is 1.29 bits per heavy atom. The van der Waals surface area contributed by atoms with Gasteiger partial charge in [0.1, 0.15) is 18.0 Å². The molecule has 0 spiro atoms. The Balaban J connectivity index is 1.92. The molecule has 2 rings (SSSR count). The van der Waals surface area contributed by atoms with Crippen LogP contribution in [-0.4, -0.2) is 26.3 Å². The number of nitrogen functional groups attached to an aromatic ring is 1. The number of hydrogen-bond acceptors (Lipinski definition) is 5. The first-order valence-corrected chi connectivity index (χ1v) is 7.34. The molecule has 2 aromatic heterocycles. The van der Waals surface area contributed by atoms with Crippen LogP contribution in [0.5, 0.6) is 0 Å². The van der Waals surface area contributed by atoms with Crippen molar-refractivity contribution in [1.82, 2.24) is 19.7 Å². The summed E-state index contributed by atoms with van der Waals surface area (Å²) in [5.41, 5.74) is 9.18. The largest absolute Gasteiger partial charge is 0.383 e. The number of hydrogen-bond donors (Lipinski definition) is 2. The highest BCUT2D eigenvalue weighted by molar-refractivity contribution is 5.56. The van der Waals surface area contributed by atoms with Crippen molar-refractivity contribution in [2.45, 2.75) is 46.6 Å². The van der Waals surface area contributed by atoms with Gasteiger partial charge < -0.3 is 11.1 Å². The first kappa shape index (κ1) is 15.3. The molecule has 0 aliphatic heterocycles. The van der Waals surface area contributed by atoms with Crippen molar-refractivity contribution >= 4 is 11.6 Å². The average molecular weight is 288 g/mol. The highest BCUT2D eigenvalue weighted by Crippen LogP contribution is 2.25. The Morgan fingerprint density at radius 2 is 2.05 bits per heavy atom. The minimum atomic E-state index is 0.296. The fraction of sp³-hybridized carbons (Fsp3) is 0.533. The van der Waals surface area contributed by atoms with E-state index in [-0.39, 0.29) is 0 Å². The van der Waals surface area contributed by atoms with Crippen molar-refractivity contribution in [1.29, 1.82) is 0 Å². The lowest BCUT2D eigenvalue weighted by Gasteiger charge is -2.15. The summed E-state index contributed by atoms with van der Waals surface area (Å²) in [7, 11) is 0. The fourth-order valence-corrected chi connectivity index (χ4v) is 2.46. The maximum absolute atomic E-state index is 5.93. The Labute approximate surface area is 125 Å². The van der Waals surface area contributed by atoms with Crippen LogP contribution in [0.2, 0.25) is 0 Å². The summed E-state index contributed by atoms with van der Waals surface area (Å²) in [6, 6.07) is 2.09. The molecule has 0 radical (unpaired) electrons. The number of aryl methyl sites for hydroxylation is 3. The summed E-state index contributed by atoms with van der Waals surface area (Å²) in [6.07, 6.45) is 2.48. The van der Waals surface area contributed by atoms with E-state index in [4.69, 9.17) is 5.73 Å². The van der Waals surface area contributed by atoms with Crippen molar-refractivity contribution < 1.29 is 0 Å². The lowest BCUT2D eigenvalue weighted by Crippen LogP contribution is -2.13. The van der Waals surface area contributed by atoms with E-state index in [1.54, 1.807) is 0 Å². The van der Waals surface area contributed by atoms with Crippen molar-refractivity contribution in [2.24, 2.45) is 0 Å². The third kappa shape index (κ3) is 3.71. The van der Waals surface area contributed by atoms with Crippen molar-refractivity contribution in [3.8, 4) is 0 Å². The highest BCUT2D eigenvalue weighted by Gasteiger charge is 2.12. The SMILES string of the molecule is Cc1cc(C)n(CCCNc2ncnc(N)c2C(C)C)n1. The summed E-state index contributed by atoms with van der Waals surface area (Å²) in [5.74, 6) is 1.69. The second kappa shape index (κ2) is 6.56. The number of anilines is 2. The molecule has 0 saturated carbocycles. The first-order valence-electron chi connectivity index (χ1n) is 7.34. The van der Waals surface area contributed by atoms with E-state index in [2.05, 4.69) is 47.2 Å². The second-order valence-corrected chi connectivity index (χ2v) is 5.61. The molecule has 21 heavy (non-hydrogen) atoms. The Kier molecular flexibility index (Phi) is 4.77. The van der Waals surface area contributed by atoms with Gasteiger partial charge in [-0.2, -0.15) is 5.10 Å². The Bertz CT molecular complexity index is 602. The Hall–Kier alpha value is -2.11. The smallest absolute Gasteiger partial charge is 0.134 e. The average Bonchev–Trinajstić information content (AvgIpc) is 2.72. The van der Waals surface area contributed by atoms with Gasteiger partial charge in [0, 0.05) is 24.3 Å². The molecule has 114 valence electrons. The molecule has 0 aliphatic rings. The monoisotopic (exact) mass is 288 g/mol. The number of nitrogens with two attached hydrogens (primary N) is 1. The maximum atomic E-state index is 5.93. The van der Waals surface area contributed by atoms with Crippen LogP contribution in [0.1, 0.15) is 43.1 Å². The zero-order valence-corrected chi connectivity index (χ0v) is 13.2. The minimum Gasteiger partial charge on any atom is -0.383 e. The summed E-state index contributed by atoms with van der Waals surface area (Å²) >= 11 is 0. The van der Waals surface area contributed by atoms with Crippen LogP contribution in [0.25, 0.3) is 0 Å². The highest BCUT2D eigenvalue weighted by atomic mass is 15.3. The van der Waals surface area contributed by atoms with Gasteiger partial charge >= 0.3 is 0 Å². The second-order valence-electron chi connectivity index (χ2n) is 5.61. The maximum Gasteiger partial charge on any atom is 0.134 e. The molecule has 3 N–H and O–H groups in total. The van der Waals surface area contributed by atoms with Crippen LogP contribution in [-0.2, 0) is 6.54 Å². The van der Waals surface area contributed by atoms with E-state index in [1.165, 1.54) is 12.0 Å². The number of rotatable bonds is 6. The quantitative estimate of drug-likeness (QED) is 0.798. The van der Waals surface area contributed by atoms with Crippen LogP contribution < -0.4 is 11.1 Å². The fourth-order valence-electron chi connectivity index (χ4n) is 2.46. The summed E-state index contributed by atoms with van der Waals surface area (Å²) in [6.45, 7) is 10.0. The van der Waals surface area contributed by atoms with Gasteiger partial charge in [0.25, 0.3) is 0 Å². The van der Waals surface area contributed by atoms with E-state index in [0.29, 0.717) is 11.7 Å². The van der Waals surface area contributed by atoms with E-state index >= 15 is 0 Å². The first-order chi connectivity index (χ1) is 9.99. The molecule has 0 bridgehead atoms. The predicted octanol–water partition coefficient (Wildman–Crippen LogP) is 2.50. The van der Waals surface area contributed by atoms with Gasteiger partial charge in [-0.3, -0.25) is 4.68 Å². The number of aromatic nitrogens is 4. The molecule has 0 aromatic carbocycles. The van der Waals surface area contributed by atoms with Gasteiger partial charge in [0.2, 0.25) is 0 Å². The number of nitrogens with one attached hydrogen (secondary N) is 1. The third-order valence-corrected chi connectivity index (χ3v) is 3.43. The molecule has 2 aromatic rings. The normalized spacial score (nSPS) is 11.1. The summed E-state index contributed by atoms with van der Waals surface area (Å²) in [4.78, 5) is 8.37. The molecule has 0 fully saturated rings. The molecule has 0 aliphatic carbocycles. The standard InChI is InChI=1S/C15H24N6/c1-10(2)13-14(16)18-9-19-15(13)17-6-5-7-21-12(4)8-11(3)20-21/h8-10H,5-7H2,1-4H3,(H3,16,17,18,19). The van der Waals surface area contributed by atoms with Crippen LogP contribution >= 0.6 is 0 Å². The minimum absolute atomic E-state index is 0.296. The lowest BCUT2D eigenvalue weighted by atomic mass is 10.0. The Morgan fingerprint density at radius 3 is 2.67 bits per heavy atom. The van der Waals surface area contributed by atoms with Gasteiger partial charge in [-0.15, -0.1) is 0 Å². The van der Waals surface area contributed by atoms with E-state index in [0.717, 1.165) is 36.6 Å². The predicted molar refractivity (Wildman–Crippen MR) is 85.3 cm³/mol. The van der Waals surface area contributed by atoms with Gasteiger partial charge in [-0.05, 0) is 32.3 Å². The molecular formula is C15H24N6. The molecule has 0 unspecified atom stereocenters. The van der Waals surface area contributed by atoms with Gasteiger partial charge in [0.05, 0.1) is 5.69 Å². The van der Waals surface area contributed by atoms with Crippen molar-refractivity contribution in [2.75, 3.05) is 17.6 Å². The lowest BCUT2D eigenvalue weighted by molar-refractivity contribution is 0.573. The molecule has 0 saturated heterocycles. The van der Waals surface area contributed by atoms with Crippen molar-refractivity contribution in [3.05, 3.63) is 29.3 Å². The third-order valence-electron chi connectivity index (χ3n) is 3.43. The van der Waals surface area contributed by atoms with E-state index in [1.807, 2.05) is 11.6 Å². The summed E-state index contributed by atoms with van der Waals surface area (Å²) < 4.78 is 2.04. The van der Waals surface area contributed by atoms with Gasteiger partial charge in [-0.25, -0.2) is 9.97 Å². The molecule has 0 atom stereocenters. The molecule has 0 amide bonds. The van der Waals surface area contributed by atoms with E-state index in [9.17, 15) is 0 Å². The molecule has 6 heteroatoms. The number of nitrogens with zero attached hydrogens (tertiary/aromatic N) is 4. The topological polar surface area (TPSA) is 81.7 Å². The van der Waals surface area contributed by atoms with Crippen molar-refractivity contribution in [3.63, 3.8) is 0 Å². The van der Waals surface area contributed by atoms with Crippen LogP contribution in [0.15, 0.2) is 12.4 Å². The van der Waals surface area contributed by atoms with Gasteiger partial charge in [-0.1, -0.05) is 13.8 Å². The zero-order chi connectivity index (χ0) is 15.4. The zero-order valence-electron chi connectivity index (χ0n) is 13.2. The van der Waals surface area contributed by atoms with E-state index < -0.39 is 0 Å². The molecule has 6 nitrogen and oxygen atoms in total. The summed E-state index contributed by atoms with van der Waals surface area (Å²) in [5, 5.41) is 7.82. The molecule has 2 heterocycles.